The van der Waals surface area contributed by atoms with Crippen LogP contribution in [0, 0.1) is 0 Å². The molecular weight excluding hydrogens is 455 g/mol. The van der Waals surface area contributed by atoms with Gasteiger partial charge in [-0.1, -0.05) is 67.2 Å². The van der Waals surface area contributed by atoms with Crippen LogP contribution in [0.15, 0.2) is 23.7 Å². The van der Waals surface area contributed by atoms with E-state index in [2.05, 4.69) is 37.2 Å². The molecule has 6 nitrogen and oxygen atoms in total. The Labute approximate surface area is 183 Å². The van der Waals surface area contributed by atoms with Gasteiger partial charge in [0.15, 0.2) is 0 Å². The van der Waals surface area contributed by atoms with Crippen LogP contribution in [0.2, 0.25) is 0 Å². The van der Waals surface area contributed by atoms with E-state index in [0.717, 1.165) is 12.2 Å². The summed E-state index contributed by atoms with van der Waals surface area (Å²) < 4.78 is 8.87. The average molecular weight is 493 g/mol. The molecule has 0 aliphatic heterocycles. The summed E-state index contributed by atoms with van der Waals surface area (Å²) in [6.45, 7) is 15.3. The van der Waals surface area contributed by atoms with E-state index in [9.17, 15) is 19.8 Å². The molecule has 2 radical (unpaired) electrons. The molecule has 0 N–H and O–H groups in total. The normalized spacial score (nSPS) is 9.63. The van der Waals surface area contributed by atoms with E-state index in [0.29, 0.717) is 13.2 Å². The first-order chi connectivity index (χ1) is 12.2. The predicted molar refractivity (Wildman–Crippen MR) is 108 cm³/mol. The molecule has 0 spiro atoms. The maximum atomic E-state index is 10.4. The average Bonchev–Trinajstić information content (AvgIpc) is 2.55. The fourth-order valence-corrected chi connectivity index (χ4v) is 0.700. The molecule has 0 unspecified atom stereocenters. The molecule has 0 aromatic carbocycles. The van der Waals surface area contributed by atoms with E-state index in [1.807, 2.05) is 0 Å². The number of rotatable bonds is 6. The van der Waals surface area contributed by atoms with Crippen molar-refractivity contribution in [3.05, 3.63) is 23.7 Å². The Morgan fingerprint density at radius 2 is 0.889 bits per heavy atom. The SMILES string of the molecule is CCCC.CCCC.CCOC(=O)C=C(C)[O-].CCOC(=O)C=C(C)[O-].[Sn+2]. The summed E-state index contributed by atoms with van der Waals surface area (Å²) in [6.07, 6.45) is 7.12. The molecule has 0 atom stereocenters. The maximum Gasteiger partial charge on any atom is 2.00 e. The Hall–Kier alpha value is -1.18. The standard InChI is InChI=1S/2C6H10O3.2C4H10.Sn/c2*1-3-9-6(8)4-5(2)7;2*1-3-4-2;/h2*4,7H,3H2,1-2H3;2*3-4H2,1-2H3;/q;;;;+2/p-2. The van der Waals surface area contributed by atoms with Crippen LogP contribution in [-0.4, -0.2) is 49.1 Å². The van der Waals surface area contributed by atoms with Gasteiger partial charge in [-0.2, -0.15) is 0 Å². The van der Waals surface area contributed by atoms with Gasteiger partial charge < -0.3 is 19.7 Å². The van der Waals surface area contributed by atoms with Crippen molar-refractivity contribution < 1.29 is 29.3 Å². The Morgan fingerprint density at radius 1 is 0.667 bits per heavy atom. The van der Waals surface area contributed by atoms with Crippen LogP contribution in [0.4, 0.5) is 0 Å². The van der Waals surface area contributed by atoms with Crippen molar-refractivity contribution >= 4 is 35.8 Å². The summed E-state index contributed by atoms with van der Waals surface area (Å²) in [5.74, 6) is -1.70. The molecule has 27 heavy (non-hydrogen) atoms. The van der Waals surface area contributed by atoms with Gasteiger partial charge in [0.05, 0.1) is 13.2 Å². The summed E-state index contributed by atoms with van der Waals surface area (Å²) >= 11 is 0. The van der Waals surface area contributed by atoms with Crippen LogP contribution in [0.3, 0.4) is 0 Å². The van der Waals surface area contributed by atoms with Crippen molar-refractivity contribution in [1.29, 1.82) is 0 Å². The quantitative estimate of drug-likeness (QED) is 0.244. The van der Waals surface area contributed by atoms with E-state index < -0.39 is 11.9 Å². The van der Waals surface area contributed by atoms with Gasteiger partial charge in [0.25, 0.3) is 0 Å². The number of carbonyl (C=O) groups excluding carboxylic acids is 2. The number of hydrogen-bond acceptors (Lipinski definition) is 6. The second-order valence-corrected chi connectivity index (χ2v) is 5.01. The van der Waals surface area contributed by atoms with Crippen molar-refractivity contribution in [2.24, 2.45) is 0 Å². The number of esters is 2. The van der Waals surface area contributed by atoms with E-state index >= 15 is 0 Å². The van der Waals surface area contributed by atoms with Gasteiger partial charge >= 0.3 is 35.8 Å². The van der Waals surface area contributed by atoms with Crippen molar-refractivity contribution in [1.82, 2.24) is 0 Å². The minimum atomic E-state index is -0.565. The fourth-order valence-electron chi connectivity index (χ4n) is 0.700. The molecule has 0 fully saturated rings. The van der Waals surface area contributed by atoms with Crippen LogP contribution < -0.4 is 10.2 Å². The third-order valence-corrected chi connectivity index (χ3v) is 2.22. The molecule has 158 valence electrons. The van der Waals surface area contributed by atoms with Gasteiger partial charge in [0.1, 0.15) is 0 Å². The van der Waals surface area contributed by atoms with E-state index in [-0.39, 0.29) is 35.4 Å². The second kappa shape index (κ2) is 32.5. The van der Waals surface area contributed by atoms with Crippen LogP contribution >= 0.6 is 0 Å². The van der Waals surface area contributed by atoms with Gasteiger partial charge in [0, 0.05) is 12.2 Å². The summed E-state index contributed by atoms with van der Waals surface area (Å²) in [4.78, 5) is 20.7. The molecule has 0 amide bonds. The molecule has 0 aromatic rings. The van der Waals surface area contributed by atoms with Crippen LogP contribution in [0.5, 0.6) is 0 Å². The third kappa shape index (κ3) is 58.8. The molecule has 0 aromatic heterocycles. The van der Waals surface area contributed by atoms with E-state index in [1.54, 1.807) is 13.8 Å². The van der Waals surface area contributed by atoms with Crippen molar-refractivity contribution in [2.75, 3.05) is 13.2 Å². The summed E-state index contributed by atoms with van der Waals surface area (Å²) in [5.41, 5.74) is 0. The zero-order chi connectivity index (χ0) is 21.4. The smallest absolute Gasteiger partial charge is 0.875 e. The monoisotopic (exact) mass is 494 g/mol. The zero-order valence-electron chi connectivity index (χ0n) is 18.3. The molecule has 0 rings (SSSR count). The van der Waals surface area contributed by atoms with Crippen molar-refractivity contribution in [2.45, 2.75) is 81.1 Å². The van der Waals surface area contributed by atoms with E-state index in [1.165, 1.54) is 39.5 Å². The Bertz CT molecular complexity index is 331. The van der Waals surface area contributed by atoms with Crippen LogP contribution in [0.25, 0.3) is 0 Å². The Balaban J connectivity index is -0.0000000843. The minimum Gasteiger partial charge on any atom is -0.875 e. The molecule has 7 heteroatoms. The van der Waals surface area contributed by atoms with Gasteiger partial charge in [0.2, 0.25) is 0 Å². The predicted octanol–water partition coefficient (Wildman–Crippen LogP) is 2.86. The van der Waals surface area contributed by atoms with Gasteiger partial charge in [-0.3, -0.25) is 0 Å². The van der Waals surface area contributed by atoms with Gasteiger partial charge in [-0.15, -0.1) is 11.5 Å². The third-order valence-electron chi connectivity index (χ3n) is 2.22. The Morgan fingerprint density at radius 3 is 1.00 bits per heavy atom. The Kier molecular flexibility index (Phi) is 44.1. The minimum absolute atomic E-state index is 0. The van der Waals surface area contributed by atoms with Crippen molar-refractivity contribution in [3.63, 3.8) is 0 Å². The molecule has 0 aliphatic carbocycles. The number of unbranched alkanes of at least 4 members (excludes halogenated alkanes) is 2. The van der Waals surface area contributed by atoms with Crippen LogP contribution in [0.1, 0.15) is 81.1 Å². The molecule has 0 aliphatic rings. The first-order valence-electron chi connectivity index (χ1n) is 9.20. The first-order valence-corrected chi connectivity index (χ1v) is 9.20. The molecule has 0 saturated carbocycles. The fraction of sp³-hybridized carbons (Fsp3) is 0.700. The van der Waals surface area contributed by atoms with Crippen molar-refractivity contribution in [3.8, 4) is 0 Å². The topological polar surface area (TPSA) is 98.7 Å². The van der Waals surface area contributed by atoms with E-state index in [4.69, 9.17) is 0 Å². The first kappa shape index (κ1) is 36.7. The second-order valence-electron chi connectivity index (χ2n) is 5.01. The maximum absolute atomic E-state index is 10.4. The van der Waals surface area contributed by atoms with Gasteiger partial charge in [-0.25, -0.2) is 9.59 Å². The van der Waals surface area contributed by atoms with Gasteiger partial charge in [-0.05, 0) is 13.8 Å². The summed E-state index contributed by atoms with van der Waals surface area (Å²) in [6, 6.07) is 0. The number of allylic oxidation sites excluding steroid dienone is 2. The molecule has 0 saturated heterocycles. The summed E-state index contributed by atoms with van der Waals surface area (Å²) in [7, 11) is 0. The number of ether oxygens (including phenoxy) is 2. The summed E-state index contributed by atoms with van der Waals surface area (Å²) in [5, 5.41) is 20.3. The molecule has 0 bridgehead atoms. The molecular formula is C20H38O6Sn. The largest absolute Gasteiger partial charge is 2.00 e. The number of carbonyl (C=O) groups is 2. The van der Waals surface area contributed by atoms with Crippen LogP contribution in [-0.2, 0) is 19.1 Å². The molecule has 0 heterocycles. The zero-order valence-corrected chi connectivity index (χ0v) is 21.2. The number of hydrogen-bond donors (Lipinski definition) is 0.